The molecular weight excluding hydrogens is 238 g/mol. The molecule has 100 valence electrons. The highest BCUT2D eigenvalue weighted by Crippen LogP contribution is 2.31. The van der Waals surface area contributed by atoms with Crippen molar-refractivity contribution in [2.45, 2.75) is 38.0 Å². The summed E-state index contributed by atoms with van der Waals surface area (Å²) in [5.74, 6) is 2.30. The van der Waals surface area contributed by atoms with Gasteiger partial charge >= 0.3 is 0 Å². The first-order chi connectivity index (χ1) is 9.24. The van der Waals surface area contributed by atoms with E-state index in [0.29, 0.717) is 11.6 Å². The molecule has 1 aliphatic carbocycles. The van der Waals surface area contributed by atoms with Crippen LogP contribution in [0.5, 0.6) is 0 Å². The molecule has 0 spiro atoms. The third-order valence-corrected chi connectivity index (χ3v) is 3.77. The predicted molar refractivity (Wildman–Crippen MR) is 74.5 cm³/mol. The van der Waals surface area contributed by atoms with Gasteiger partial charge in [-0.05, 0) is 25.0 Å². The van der Waals surface area contributed by atoms with Gasteiger partial charge < -0.3 is 5.73 Å². The summed E-state index contributed by atoms with van der Waals surface area (Å²) in [6.45, 7) is 0. The molecule has 5 nitrogen and oxygen atoms in total. The Bertz CT molecular complexity index is 552. The molecule has 2 N–H and O–H groups in total. The Morgan fingerprint density at radius 2 is 2.00 bits per heavy atom. The molecule has 0 saturated heterocycles. The lowest BCUT2D eigenvalue weighted by atomic mass is 9.89. The minimum absolute atomic E-state index is 0.516. The van der Waals surface area contributed by atoms with Crippen LogP contribution in [0.25, 0.3) is 11.5 Å². The zero-order chi connectivity index (χ0) is 13.2. The normalized spacial score (nSPS) is 16.7. The number of hydrogen-bond acceptors (Lipinski definition) is 4. The van der Waals surface area contributed by atoms with Crippen molar-refractivity contribution in [2.75, 3.05) is 5.73 Å². The van der Waals surface area contributed by atoms with E-state index in [9.17, 15) is 0 Å². The van der Waals surface area contributed by atoms with Crippen molar-refractivity contribution in [3.63, 3.8) is 0 Å². The van der Waals surface area contributed by atoms with Crippen molar-refractivity contribution >= 4 is 5.69 Å². The molecular formula is C14H19N5. The molecule has 0 unspecified atom stereocenters. The molecule has 1 saturated carbocycles. The monoisotopic (exact) mass is 257 g/mol. The fourth-order valence-corrected chi connectivity index (χ4v) is 2.70. The Labute approximate surface area is 112 Å². The summed E-state index contributed by atoms with van der Waals surface area (Å²) in [5.41, 5.74) is 7.15. The zero-order valence-corrected chi connectivity index (χ0v) is 11.2. The molecule has 0 radical (unpaired) electrons. The van der Waals surface area contributed by atoms with Gasteiger partial charge in [0, 0.05) is 13.0 Å². The summed E-state index contributed by atoms with van der Waals surface area (Å²) in [4.78, 5) is 9.00. The van der Waals surface area contributed by atoms with Gasteiger partial charge in [0.05, 0.1) is 11.9 Å². The van der Waals surface area contributed by atoms with Gasteiger partial charge in [-0.15, -0.1) is 0 Å². The molecule has 2 aromatic rings. The summed E-state index contributed by atoms with van der Waals surface area (Å²) in [6.07, 6.45) is 7.99. The minimum atomic E-state index is 0.516. The van der Waals surface area contributed by atoms with E-state index >= 15 is 0 Å². The Morgan fingerprint density at radius 1 is 1.21 bits per heavy atom. The van der Waals surface area contributed by atoms with E-state index in [-0.39, 0.29) is 0 Å². The average Bonchev–Trinajstić information content (AvgIpc) is 2.83. The van der Waals surface area contributed by atoms with Crippen LogP contribution >= 0.6 is 0 Å². The summed E-state index contributed by atoms with van der Waals surface area (Å²) in [7, 11) is 1.92. The predicted octanol–water partition coefficient (Wildman–Crippen LogP) is 2.51. The molecule has 2 aromatic heterocycles. The summed E-state index contributed by atoms with van der Waals surface area (Å²) < 4.78 is 1.82. The SMILES string of the molecule is Cn1nc(C2CCCCC2)nc1-c1ccc(N)cn1. The number of nitrogens with two attached hydrogens (primary N) is 1. The third kappa shape index (κ3) is 2.45. The number of aryl methyl sites for hydroxylation is 1. The van der Waals surface area contributed by atoms with E-state index in [1.807, 2.05) is 23.9 Å². The van der Waals surface area contributed by atoms with Crippen molar-refractivity contribution in [2.24, 2.45) is 7.05 Å². The molecule has 0 atom stereocenters. The largest absolute Gasteiger partial charge is 0.397 e. The smallest absolute Gasteiger partial charge is 0.176 e. The molecule has 0 amide bonds. The zero-order valence-electron chi connectivity index (χ0n) is 11.2. The van der Waals surface area contributed by atoms with E-state index in [4.69, 9.17) is 5.73 Å². The van der Waals surface area contributed by atoms with Crippen LogP contribution in [0.1, 0.15) is 43.8 Å². The second-order valence-corrected chi connectivity index (χ2v) is 5.23. The molecule has 19 heavy (non-hydrogen) atoms. The summed E-state index contributed by atoms with van der Waals surface area (Å²) in [5, 5.41) is 4.57. The van der Waals surface area contributed by atoms with E-state index < -0.39 is 0 Å². The van der Waals surface area contributed by atoms with Crippen LogP contribution in [0.2, 0.25) is 0 Å². The van der Waals surface area contributed by atoms with Crippen LogP contribution in [-0.4, -0.2) is 19.7 Å². The standard InChI is InChI=1S/C14H19N5/c1-19-14(12-8-7-11(15)9-16-12)17-13(18-19)10-5-3-2-4-6-10/h7-10H,2-6,15H2,1H3. The summed E-state index contributed by atoms with van der Waals surface area (Å²) in [6, 6.07) is 3.74. The molecule has 3 rings (SSSR count). The van der Waals surface area contributed by atoms with Crippen LogP contribution in [0.3, 0.4) is 0 Å². The lowest BCUT2D eigenvalue weighted by molar-refractivity contribution is 0.427. The highest BCUT2D eigenvalue weighted by molar-refractivity contribution is 5.52. The van der Waals surface area contributed by atoms with Gasteiger partial charge in [-0.3, -0.25) is 4.98 Å². The van der Waals surface area contributed by atoms with Gasteiger partial charge in [-0.2, -0.15) is 5.10 Å². The van der Waals surface area contributed by atoms with Crippen molar-refractivity contribution in [3.8, 4) is 11.5 Å². The number of nitrogens with zero attached hydrogens (tertiary/aromatic N) is 4. The Kier molecular flexibility index (Phi) is 3.19. The average molecular weight is 257 g/mol. The van der Waals surface area contributed by atoms with Gasteiger partial charge in [0.25, 0.3) is 0 Å². The van der Waals surface area contributed by atoms with Crippen molar-refractivity contribution < 1.29 is 0 Å². The second kappa shape index (κ2) is 4.99. The molecule has 2 heterocycles. The third-order valence-electron chi connectivity index (χ3n) is 3.77. The number of aromatic nitrogens is 4. The summed E-state index contributed by atoms with van der Waals surface area (Å²) >= 11 is 0. The van der Waals surface area contributed by atoms with Crippen molar-refractivity contribution in [1.29, 1.82) is 0 Å². The Hall–Kier alpha value is -1.91. The lowest BCUT2D eigenvalue weighted by Crippen LogP contribution is -2.06. The van der Waals surface area contributed by atoms with E-state index in [0.717, 1.165) is 17.3 Å². The van der Waals surface area contributed by atoms with E-state index in [1.165, 1.54) is 32.1 Å². The van der Waals surface area contributed by atoms with E-state index in [1.54, 1.807) is 6.20 Å². The van der Waals surface area contributed by atoms with Crippen LogP contribution < -0.4 is 5.73 Å². The lowest BCUT2D eigenvalue weighted by Gasteiger charge is -2.18. The van der Waals surface area contributed by atoms with Crippen LogP contribution in [-0.2, 0) is 7.05 Å². The first-order valence-corrected chi connectivity index (χ1v) is 6.87. The van der Waals surface area contributed by atoms with Gasteiger partial charge in [0.15, 0.2) is 11.6 Å². The van der Waals surface area contributed by atoms with Crippen LogP contribution in [0, 0.1) is 0 Å². The van der Waals surface area contributed by atoms with Gasteiger partial charge in [-0.25, -0.2) is 9.67 Å². The second-order valence-electron chi connectivity index (χ2n) is 5.23. The first kappa shape index (κ1) is 12.1. The molecule has 0 bridgehead atoms. The maximum atomic E-state index is 5.66. The molecule has 1 aliphatic rings. The van der Waals surface area contributed by atoms with Crippen molar-refractivity contribution in [1.82, 2.24) is 19.7 Å². The van der Waals surface area contributed by atoms with Gasteiger partial charge in [0.2, 0.25) is 0 Å². The first-order valence-electron chi connectivity index (χ1n) is 6.87. The van der Waals surface area contributed by atoms with Crippen LogP contribution in [0.4, 0.5) is 5.69 Å². The fourth-order valence-electron chi connectivity index (χ4n) is 2.70. The van der Waals surface area contributed by atoms with Crippen LogP contribution in [0.15, 0.2) is 18.3 Å². The van der Waals surface area contributed by atoms with Gasteiger partial charge in [0.1, 0.15) is 5.69 Å². The quantitative estimate of drug-likeness (QED) is 0.897. The number of pyridine rings is 1. The number of rotatable bonds is 2. The molecule has 5 heteroatoms. The maximum absolute atomic E-state index is 5.66. The van der Waals surface area contributed by atoms with E-state index in [2.05, 4.69) is 15.1 Å². The number of anilines is 1. The minimum Gasteiger partial charge on any atom is -0.397 e. The number of hydrogen-bond donors (Lipinski definition) is 1. The Morgan fingerprint density at radius 3 is 2.68 bits per heavy atom. The molecule has 0 aromatic carbocycles. The molecule has 1 fully saturated rings. The Balaban J connectivity index is 1.90. The molecule has 0 aliphatic heterocycles. The topological polar surface area (TPSA) is 69.6 Å². The van der Waals surface area contributed by atoms with Crippen molar-refractivity contribution in [3.05, 3.63) is 24.2 Å². The highest BCUT2D eigenvalue weighted by Gasteiger charge is 2.21. The highest BCUT2D eigenvalue weighted by atomic mass is 15.3. The number of nitrogen functional groups attached to an aromatic ring is 1. The fraction of sp³-hybridized carbons (Fsp3) is 0.500. The maximum Gasteiger partial charge on any atom is 0.176 e. The van der Waals surface area contributed by atoms with Gasteiger partial charge in [-0.1, -0.05) is 19.3 Å².